The molecule has 6 rings (SSSR count). The molecule has 1 N–H and O–H groups in total. The van der Waals surface area contributed by atoms with E-state index in [1.807, 2.05) is 18.2 Å². The maximum absolute atomic E-state index is 13.0. The number of quaternary nitrogens is 1. The molecule has 0 atom stereocenters. The summed E-state index contributed by atoms with van der Waals surface area (Å²) in [7, 11) is 0. The predicted octanol–water partition coefficient (Wildman–Crippen LogP) is 5.41. The van der Waals surface area contributed by atoms with Crippen molar-refractivity contribution in [1.29, 1.82) is 0 Å². The van der Waals surface area contributed by atoms with Crippen molar-refractivity contribution >= 4 is 17.4 Å². The van der Waals surface area contributed by atoms with Crippen molar-refractivity contribution in [3.05, 3.63) is 82.9 Å². The van der Waals surface area contributed by atoms with Gasteiger partial charge in [0.15, 0.2) is 17.3 Å². The maximum Gasteiger partial charge on any atom is 0.231 e. The zero-order valence-corrected chi connectivity index (χ0v) is 20.1. The predicted molar refractivity (Wildman–Crippen MR) is 139 cm³/mol. The second-order valence-electron chi connectivity index (χ2n) is 9.92. The van der Waals surface area contributed by atoms with Crippen molar-refractivity contribution in [1.82, 2.24) is 0 Å². The number of hydrogen-bond donors (Lipinski definition) is 1. The molecule has 0 amide bonds. The summed E-state index contributed by atoms with van der Waals surface area (Å²) in [5, 5.41) is 0. The highest BCUT2D eigenvalue weighted by molar-refractivity contribution is 6.08. The lowest BCUT2D eigenvalue weighted by Crippen LogP contribution is -3.12. The minimum atomic E-state index is 0.257. The van der Waals surface area contributed by atoms with E-state index in [4.69, 9.17) is 9.47 Å². The smallest absolute Gasteiger partial charge is 0.231 e. The Kier molecular flexibility index (Phi) is 6.13. The molecule has 0 spiro atoms. The summed E-state index contributed by atoms with van der Waals surface area (Å²) >= 11 is 0. The summed E-state index contributed by atoms with van der Waals surface area (Å²) in [5.74, 6) is 1.83. The van der Waals surface area contributed by atoms with E-state index in [0.29, 0.717) is 6.42 Å². The molecule has 1 saturated heterocycles. The quantitative estimate of drug-likeness (QED) is 0.293. The van der Waals surface area contributed by atoms with Gasteiger partial charge in [0.05, 0.1) is 19.6 Å². The van der Waals surface area contributed by atoms with Gasteiger partial charge in [-0.25, -0.2) is 0 Å². The molecule has 0 saturated carbocycles. The van der Waals surface area contributed by atoms with Crippen molar-refractivity contribution in [2.75, 3.05) is 26.4 Å². The van der Waals surface area contributed by atoms with E-state index in [2.05, 4.69) is 48.5 Å². The number of hydrogen-bond acceptors (Lipinski definition) is 3. The van der Waals surface area contributed by atoms with Gasteiger partial charge in [0.25, 0.3) is 0 Å². The van der Waals surface area contributed by atoms with Gasteiger partial charge < -0.3 is 14.4 Å². The number of carbonyl (C=O) groups is 1. The minimum Gasteiger partial charge on any atom is -0.454 e. The molecule has 178 valence electrons. The third kappa shape index (κ3) is 4.51. The third-order valence-electron chi connectivity index (χ3n) is 7.59. The van der Waals surface area contributed by atoms with E-state index in [0.717, 1.165) is 41.0 Å². The standard InChI is InChI=1S/C31H31NO3/c33-29(10-4-7-17-32-15-5-1-6-16-32)23-12-13-26-27(24-8-2-3-9-25(24)28(26)20-23)18-22-11-14-30-31(19-22)35-21-34-30/h2-3,8-9,11-14,18-20H,1,4-7,10,15-17,21H2/p+1/b27-18-. The fourth-order valence-corrected chi connectivity index (χ4v) is 5.71. The summed E-state index contributed by atoms with van der Waals surface area (Å²) in [4.78, 5) is 14.8. The Morgan fingerprint density at radius 2 is 1.60 bits per heavy atom. The number of nitrogens with one attached hydrogen (secondary N) is 1. The number of piperidine rings is 1. The van der Waals surface area contributed by atoms with Gasteiger partial charge in [-0.1, -0.05) is 42.5 Å². The molecule has 3 aromatic carbocycles. The summed E-state index contributed by atoms with van der Waals surface area (Å²) in [6.45, 7) is 4.09. The first-order valence-corrected chi connectivity index (χ1v) is 13.0. The van der Waals surface area contributed by atoms with Crippen molar-refractivity contribution in [2.45, 2.75) is 38.5 Å². The van der Waals surface area contributed by atoms with Crippen LogP contribution >= 0.6 is 0 Å². The molecule has 1 fully saturated rings. The van der Waals surface area contributed by atoms with E-state index in [1.54, 1.807) is 4.90 Å². The maximum atomic E-state index is 13.0. The summed E-state index contributed by atoms with van der Waals surface area (Å²) in [5.41, 5.74) is 7.80. The molecule has 0 aromatic heterocycles. The number of fused-ring (bicyclic) bond motifs is 4. The molecule has 4 heteroatoms. The van der Waals surface area contributed by atoms with Crippen LogP contribution in [0.1, 0.15) is 65.6 Å². The Balaban J connectivity index is 1.21. The van der Waals surface area contributed by atoms with Gasteiger partial charge in [0.1, 0.15) is 0 Å². The normalized spacial score (nSPS) is 17.4. The zero-order chi connectivity index (χ0) is 23.6. The zero-order valence-electron chi connectivity index (χ0n) is 20.1. The van der Waals surface area contributed by atoms with Gasteiger partial charge in [0.2, 0.25) is 6.79 Å². The molecule has 3 aliphatic rings. The SMILES string of the molecule is O=C(CCCC[NH+]1CCCCC1)c1ccc2c(c1)-c1ccccc1/C2=C/c1ccc2c(c1)OCO2. The average molecular weight is 467 g/mol. The van der Waals surface area contributed by atoms with E-state index >= 15 is 0 Å². The number of carbonyl (C=O) groups excluding carboxylic acids is 1. The van der Waals surface area contributed by atoms with Crippen molar-refractivity contribution in [2.24, 2.45) is 0 Å². The number of rotatable bonds is 7. The second-order valence-corrected chi connectivity index (χ2v) is 9.92. The minimum absolute atomic E-state index is 0.257. The van der Waals surface area contributed by atoms with Crippen LogP contribution in [0, 0.1) is 0 Å². The van der Waals surface area contributed by atoms with Gasteiger partial charge in [-0.15, -0.1) is 0 Å². The Hall–Kier alpha value is -3.37. The monoisotopic (exact) mass is 466 g/mol. The van der Waals surface area contributed by atoms with Gasteiger partial charge in [-0.05, 0) is 89.8 Å². The molecule has 0 bridgehead atoms. The molecular weight excluding hydrogens is 434 g/mol. The number of benzene rings is 3. The van der Waals surface area contributed by atoms with Crippen LogP contribution in [0.5, 0.6) is 11.5 Å². The fourth-order valence-electron chi connectivity index (χ4n) is 5.71. The van der Waals surface area contributed by atoms with Crippen LogP contribution in [0.25, 0.3) is 22.8 Å². The highest BCUT2D eigenvalue weighted by atomic mass is 16.7. The Morgan fingerprint density at radius 1 is 0.800 bits per heavy atom. The Labute approximate surface area is 207 Å². The highest BCUT2D eigenvalue weighted by Crippen LogP contribution is 2.46. The fraction of sp³-hybridized carbons (Fsp3) is 0.323. The van der Waals surface area contributed by atoms with E-state index < -0.39 is 0 Å². The van der Waals surface area contributed by atoms with Gasteiger partial charge >= 0.3 is 0 Å². The van der Waals surface area contributed by atoms with Crippen LogP contribution < -0.4 is 14.4 Å². The van der Waals surface area contributed by atoms with Crippen LogP contribution in [0.3, 0.4) is 0 Å². The first-order chi connectivity index (χ1) is 17.3. The molecule has 2 aliphatic heterocycles. The van der Waals surface area contributed by atoms with Gasteiger partial charge in [-0.3, -0.25) is 4.79 Å². The van der Waals surface area contributed by atoms with Crippen molar-refractivity contribution < 1.29 is 19.2 Å². The van der Waals surface area contributed by atoms with E-state index in [9.17, 15) is 4.79 Å². The van der Waals surface area contributed by atoms with Crippen LogP contribution in [-0.4, -0.2) is 32.2 Å². The summed E-state index contributed by atoms with van der Waals surface area (Å²) < 4.78 is 11.0. The first-order valence-electron chi connectivity index (χ1n) is 13.0. The lowest BCUT2D eigenvalue weighted by Gasteiger charge is -2.23. The largest absolute Gasteiger partial charge is 0.454 e. The van der Waals surface area contributed by atoms with Crippen molar-refractivity contribution in [3.63, 3.8) is 0 Å². The van der Waals surface area contributed by atoms with E-state index in [1.165, 1.54) is 61.2 Å². The number of unbranched alkanes of at least 4 members (excludes halogenated alkanes) is 1. The number of Topliss-reactive ketones (excluding diaryl/α,β-unsaturated/α-hetero) is 1. The summed E-state index contributed by atoms with van der Waals surface area (Å²) in [6.07, 6.45) is 9.05. The highest BCUT2D eigenvalue weighted by Gasteiger charge is 2.24. The molecule has 0 unspecified atom stereocenters. The Morgan fingerprint density at radius 3 is 2.49 bits per heavy atom. The first kappa shape index (κ1) is 22.1. The summed E-state index contributed by atoms with van der Waals surface area (Å²) in [6, 6.07) is 20.8. The average Bonchev–Trinajstić information content (AvgIpc) is 3.49. The van der Waals surface area contributed by atoms with Crippen LogP contribution in [0.2, 0.25) is 0 Å². The third-order valence-corrected chi connectivity index (χ3v) is 7.59. The van der Waals surface area contributed by atoms with Gasteiger partial charge in [0, 0.05) is 12.0 Å². The van der Waals surface area contributed by atoms with Gasteiger partial charge in [-0.2, -0.15) is 0 Å². The van der Waals surface area contributed by atoms with Crippen LogP contribution in [-0.2, 0) is 0 Å². The van der Waals surface area contributed by atoms with Crippen molar-refractivity contribution in [3.8, 4) is 22.6 Å². The molecule has 3 aromatic rings. The number of likely N-dealkylation sites (tertiary alicyclic amines) is 1. The number of ketones is 1. The molecule has 1 aliphatic carbocycles. The van der Waals surface area contributed by atoms with E-state index in [-0.39, 0.29) is 12.6 Å². The molecule has 4 nitrogen and oxygen atoms in total. The second kappa shape index (κ2) is 9.71. The molecular formula is C31H32NO3+. The molecule has 0 radical (unpaired) electrons. The number of ether oxygens (including phenoxy) is 2. The van der Waals surface area contributed by atoms with Crippen LogP contribution in [0.15, 0.2) is 60.7 Å². The van der Waals surface area contributed by atoms with Crippen LogP contribution in [0.4, 0.5) is 0 Å². The lowest BCUT2D eigenvalue weighted by molar-refractivity contribution is -0.905. The Bertz CT molecular complexity index is 1290. The molecule has 35 heavy (non-hydrogen) atoms. The molecule has 2 heterocycles. The lowest BCUT2D eigenvalue weighted by atomic mass is 9.97. The topological polar surface area (TPSA) is 40.0 Å².